The van der Waals surface area contributed by atoms with Gasteiger partial charge in [0.05, 0.1) is 17.6 Å². The van der Waals surface area contributed by atoms with Crippen LogP contribution in [0.3, 0.4) is 0 Å². The molecular formula is C22H26N2O2S. The van der Waals surface area contributed by atoms with Crippen molar-refractivity contribution in [3.8, 4) is 0 Å². The van der Waals surface area contributed by atoms with Crippen LogP contribution >= 0.6 is 11.8 Å². The summed E-state index contributed by atoms with van der Waals surface area (Å²) in [6.45, 7) is 2.02. The third-order valence-corrected chi connectivity index (χ3v) is 5.67. The van der Waals surface area contributed by atoms with Crippen LogP contribution in [0.2, 0.25) is 0 Å². The number of ether oxygens (including phenoxy) is 1. The number of aromatic nitrogens is 2. The van der Waals surface area contributed by atoms with Crippen LogP contribution in [0.15, 0.2) is 47.6 Å². The lowest BCUT2D eigenvalue weighted by atomic mass is 10.1. The number of carbonyl (C=O) groups excluding carboxylic acids is 1. The summed E-state index contributed by atoms with van der Waals surface area (Å²) in [7, 11) is 0. The first-order valence-corrected chi connectivity index (χ1v) is 10.6. The highest BCUT2D eigenvalue weighted by Crippen LogP contribution is 2.32. The van der Waals surface area contributed by atoms with Crippen molar-refractivity contribution in [2.75, 3.05) is 12.4 Å². The number of nitrogens with zero attached hydrogens (tertiary/aromatic N) is 2. The van der Waals surface area contributed by atoms with Crippen molar-refractivity contribution < 1.29 is 9.53 Å². The number of rotatable bonds is 10. The average Bonchev–Trinajstić information content (AvgIpc) is 2.69. The van der Waals surface area contributed by atoms with Gasteiger partial charge in [0.1, 0.15) is 0 Å². The molecule has 0 bridgehead atoms. The van der Waals surface area contributed by atoms with Gasteiger partial charge in [-0.2, -0.15) is 0 Å². The summed E-state index contributed by atoms with van der Waals surface area (Å²) < 4.78 is 4.95. The van der Waals surface area contributed by atoms with Gasteiger partial charge in [0.15, 0.2) is 0 Å². The summed E-state index contributed by atoms with van der Waals surface area (Å²) in [5.41, 5.74) is 1.97. The number of benzene rings is 1. The second kappa shape index (κ2) is 10.3. The number of unbranched alkanes of at least 4 members (excludes halogenated alkanes) is 5. The molecule has 0 aliphatic heterocycles. The van der Waals surface area contributed by atoms with Gasteiger partial charge in [-0.15, -0.1) is 11.8 Å². The predicted octanol–water partition coefficient (Wildman–Crippen LogP) is 5.78. The predicted molar refractivity (Wildman–Crippen MR) is 112 cm³/mol. The first kappa shape index (κ1) is 19.6. The van der Waals surface area contributed by atoms with E-state index in [-0.39, 0.29) is 5.97 Å². The molecule has 0 fully saturated rings. The fraction of sp³-hybridized carbons (Fsp3) is 0.409. The molecular weight excluding hydrogens is 356 g/mol. The summed E-state index contributed by atoms with van der Waals surface area (Å²) in [6.07, 6.45) is 10.7. The second-order valence-electron chi connectivity index (χ2n) is 6.66. The van der Waals surface area contributed by atoms with E-state index in [1.54, 1.807) is 0 Å². The second-order valence-corrected chi connectivity index (χ2v) is 7.80. The van der Waals surface area contributed by atoms with Crippen molar-refractivity contribution in [1.29, 1.82) is 0 Å². The van der Waals surface area contributed by atoms with E-state index in [1.165, 1.54) is 42.9 Å². The fourth-order valence-electron chi connectivity index (χ4n) is 3.17. The molecule has 0 saturated heterocycles. The third-order valence-electron chi connectivity index (χ3n) is 4.52. The van der Waals surface area contributed by atoms with Crippen LogP contribution < -0.4 is 0 Å². The lowest BCUT2D eigenvalue weighted by molar-refractivity contribution is -0.141. The molecule has 3 aromatic rings. The van der Waals surface area contributed by atoms with Crippen molar-refractivity contribution in [3.05, 3.63) is 42.7 Å². The van der Waals surface area contributed by atoms with Gasteiger partial charge in [0, 0.05) is 35.0 Å². The Hall–Kier alpha value is -2.14. The van der Waals surface area contributed by atoms with Crippen LogP contribution in [0.5, 0.6) is 0 Å². The van der Waals surface area contributed by atoms with Gasteiger partial charge >= 0.3 is 5.97 Å². The maximum absolute atomic E-state index is 10.7. The van der Waals surface area contributed by atoms with Crippen molar-refractivity contribution >= 4 is 39.5 Å². The number of hydrogen-bond acceptors (Lipinski definition) is 5. The van der Waals surface area contributed by atoms with Gasteiger partial charge < -0.3 is 4.74 Å². The summed E-state index contributed by atoms with van der Waals surface area (Å²) in [5.74, 6) is 0.933. The molecule has 0 unspecified atom stereocenters. The van der Waals surface area contributed by atoms with Crippen LogP contribution in [-0.2, 0) is 9.53 Å². The average molecular weight is 383 g/mol. The molecule has 3 rings (SSSR count). The van der Waals surface area contributed by atoms with E-state index >= 15 is 0 Å². The smallest absolute Gasteiger partial charge is 0.302 e. The maximum Gasteiger partial charge on any atom is 0.302 e. The summed E-state index contributed by atoms with van der Waals surface area (Å²) >= 11 is 1.91. The molecule has 0 aliphatic carbocycles. The normalized spacial score (nSPS) is 11.1. The molecule has 2 aromatic heterocycles. The summed E-state index contributed by atoms with van der Waals surface area (Å²) in [5, 5.41) is 2.35. The van der Waals surface area contributed by atoms with Crippen LogP contribution in [0.1, 0.15) is 45.4 Å². The quantitative estimate of drug-likeness (QED) is 0.193. The number of pyridine rings is 2. The Bertz CT molecular complexity index is 898. The van der Waals surface area contributed by atoms with Gasteiger partial charge in [-0.05, 0) is 36.8 Å². The lowest BCUT2D eigenvalue weighted by Gasteiger charge is -2.09. The van der Waals surface area contributed by atoms with Gasteiger partial charge in [-0.1, -0.05) is 37.8 Å². The number of fused-ring (bicyclic) bond motifs is 3. The number of hydrogen-bond donors (Lipinski definition) is 0. The standard InChI is InChI=1S/C22H26N2O2S/c1-17(25)26-14-6-4-2-3-5-7-15-27-20-16-18-10-8-12-23-21(18)22-19(20)11-9-13-24-22/h8-13,16H,2-7,14-15H2,1H3. The van der Waals surface area contributed by atoms with Crippen molar-refractivity contribution in [1.82, 2.24) is 9.97 Å². The molecule has 5 heteroatoms. The molecule has 142 valence electrons. The minimum absolute atomic E-state index is 0.181. The number of esters is 1. The maximum atomic E-state index is 10.7. The first-order chi connectivity index (χ1) is 13.3. The Morgan fingerprint density at radius 2 is 1.67 bits per heavy atom. The van der Waals surface area contributed by atoms with Gasteiger partial charge in [-0.3, -0.25) is 14.8 Å². The highest BCUT2D eigenvalue weighted by molar-refractivity contribution is 7.99. The highest BCUT2D eigenvalue weighted by atomic mass is 32.2. The lowest BCUT2D eigenvalue weighted by Crippen LogP contribution is -2.00. The molecule has 0 spiro atoms. The van der Waals surface area contributed by atoms with E-state index in [0.29, 0.717) is 6.61 Å². The van der Waals surface area contributed by atoms with Crippen LogP contribution in [0, 0.1) is 0 Å². The Balaban J connectivity index is 1.46. The zero-order valence-corrected chi connectivity index (χ0v) is 16.6. The SMILES string of the molecule is CC(=O)OCCCCCCCCSc1cc2cccnc2c2ncccc12. The molecule has 0 saturated carbocycles. The zero-order valence-electron chi connectivity index (χ0n) is 15.8. The topological polar surface area (TPSA) is 52.1 Å². The third kappa shape index (κ3) is 5.67. The van der Waals surface area contributed by atoms with Gasteiger partial charge in [0.2, 0.25) is 0 Å². The Kier molecular flexibility index (Phi) is 7.45. The molecule has 2 heterocycles. The summed E-state index contributed by atoms with van der Waals surface area (Å²) in [6, 6.07) is 10.5. The van der Waals surface area contributed by atoms with E-state index in [2.05, 4.69) is 28.2 Å². The van der Waals surface area contributed by atoms with Crippen LogP contribution in [-0.4, -0.2) is 28.3 Å². The number of carbonyl (C=O) groups is 1. The molecule has 0 atom stereocenters. The van der Waals surface area contributed by atoms with E-state index in [1.807, 2.05) is 36.3 Å². The first-order valence-electron chi connectivity index (χ1n) is 9.64. The van der Waals surface area contributed by atoms with Crippen molar-refractivity contribution in [2.24, 2.45) is 0 Å². The molecule has 1 aromatic carbocycles. The molecule has 0 radical (unpaired) electrons. The van der Waals surface area contributed by atoms with E-state index in [9.17, 15) is 4.79 Å². The Morgan fingerprint density at radius 3 is 2.48 bits per heavy atom. The minimum atomic E-state index is -0.181. The molecule has 0 amide bonds. The monoisotopic (exact) mass is 382 g/mol. The van der Waals surface area contributed by atoms with Crippen LogP contribution in [0.25, 0.3) is 21.8 Å². The van der Waals surface area contributed by atoms with E-state index < -0.39 is 0 Å². The van der Waals surface area contributed by atoms with E-state index in [4.69, 9.17) is 4.74 Å². The molecule has 4 nitrogen and oxygen atoms in total. The largest absolute Gasteiger partial charge is 0.466 e. The van der Waals surface area contributed by atoms with Crippen molar-refractivity contribution in [2.45, 2.75) is 50.3 Å². The fourth-order valence-corrected chi connectivity index (χ4v) is 4.27. The van der Waals surface area contributed by atoms with Gasteiger partial charge in [0.25, 0.3) is 0 Å². The zero-order chi connectivity index (χ0) is 18.9. The minimum Gasteiger partial charge on any atom is -0.466 e. The Morgan fingerprint density at radius 1 is 0.963 bits per heavy atom. The molecule has 27 heavy (non-hydrogen) atoms. The van der Waals surface area contributed by atoms with Gasteiger partial charge in [-0.25, -0.2) is 0 Å². The summed E-state index contributed by atoms with van der Waals surface area (Å²) in [4.78, 5) is 21.1. The van der Waals surface area contributed by atoms with E-state index in [0.717, 1.165) is 35.0 Å². The van der Waals surface area contributed by atoms with Crippen LogP contribution in [0.4, 0.5) is 0 Å². The van der Waals surface area contributed by atoms with Crippen molar-refractivity contribution in [3.63, 3.8) is 0 Å². The highest BCUT2D eigenvalue weighted by Gasteiger charge is 2.08. The Labute approximate surface area is 164 Å². The molecule has 0 aliphatic rings. The number of thioether (sulfide) groups is 1. The molecule has 0 N–H and O–H groups in total.